The highest BCUT2D eigenvalue weighted by molar-refractivity contribution is 6.30. The van der Waals surface area contributed by atoms with Gasteiger partial charge in [0, 0.05) is 37.5 Å². The second kappa shape index (κ2) is 6.98. The van der Waals surface area contributed by atoms with Crippen molar-refractivity contribution in [3.63, 3.8) is 0 Å². The van der Waals surface area contributed by atoms with Gasteiger partial charge in [0.2, 0.25) is 5.90 Å². The molecule has 2 aromatic rings. The molecule has 0 radical (unpaired) electrons. The maximum atomic E-state index is 5.95. The SMILES string of the molecule is Clc1ccc(CN2CCC3(CC2)CC(Oc2cncnc2)=NO3)cc1. The Labute approximate surface area is 151 Å². The quantitative estimate of drug-likeness (QED) is 0.842. The second-order valence-corrected chi connectivity index (χ2v) is 6.95. The third-order valence-corrected chi connectivity index (χ3v) is 4.93. The van der Waals surface area contributed by atoms with Gasteiger partial charge in [0.1, 0.15) is 11.9 Å². The molecule has 4 rings (SSSR count). The third-order valence-electron chi connectivity index (χ3n) is 4.67. The fourth-order valence-corrected chi connectivity index (χ4v) is 3.38. The summed E-state index contributed by atoms with van der Waals surface area (Å²) in [5.41, 5.74) is 1.04. The van der Waals surface area contributed by atoms with E-state index in [2.05, 4.69) is 32.2 Å². The van der Waals surface area contributed by atoms with Crippen molar-refractivity contribution in [2.24, 2.45) is 5.16 Å². The first kappa shape index (κ1) is 16.3. The lowest BCUT2D eigenvalue weighted by Crippen LogP contribution is -2.44. The van der Waals surface area contributed by atoms with E-state index in [9.17, 15) is 0 Å². The molecule has 6 nitrogen and oxygen atoms in total. The molecular weight excluding hydrogens is 340 g/mol. The van der Waals surface area contributed by atoms with Crippen LogP contribution in [0.1, 0.15) is 24.8 Å². The van der Waals surface area contributed by atoms with E-state index in [0.717, 1.165) is 37.5 Å². The maximum Gasteiger partial charge on any atom is 0.235 e. The van der Waals surface area contributed by atoms with Crippen LogP contribution in [0.25, 0.3) is 0 Å². The van der Waals surface area contributed by atoms with Crippen LogP contribution < -0.4 is 4.74 Å². The number of nitrogens with zero attached hydrogens (tertiary/aromatic N) is 4. The number of hydrogen-bond donors (Lipinski definition) is 0. The van der Waals surface area contributed by atoms with Gasteiger partial charge in [-0.3, -0.25) is 4.90 Å². The van der Waals surface area contributed by atoms with Crippen LogP contribution in [0.5, 0.6) is 5.75 Å². The van der Waals surface area contributed by atoms with Crippen molar-refractivity contribution in [1.82, 2.24) is 14.9 Å². The summed E-state index contributed by atoms with van der Waals surface area (Å²) in [7, 11) is 0. The molecule has 0 bridgehead atoms. The van der Waals surface area contributed by atoms with Gasteiger partial charge in [0.25, 0.3) is 0 Å². The van der Waals surface area contributed by atoms with Gasteiger partial charge in [0.15, 0.2) is 5.75 Å². The molecule has 3 heterocycles. The Balaban J connectivity index is 1.29. The molecule has 2 aliphatic heterocycles. The fourth-order valence-electron chi connectivity index (χ4n) is 3.25. The predicted octanol–water partition coefficient (Wildman–Crippen LogP) is 3.28. The van der Waals surface area contributed by atoms with Crippen molar-refractivity contribution in [3.05, 3.63) is 53.6 Å². The van der Waals surface area contributed by atoms with Crippen LogP contribution in [0.4, 0.5) is 0 Å². The van der Waals surface area contributed by atoms with E-state index < -0.39 is 0 Å². The van der Waals surface area contributed by atoms with Crippen molar-refractivity contribution >= 4 is 17.5 Å². The van der Waals surface area contributed by atoms with Crippen LogP contribution in [0.3, 0.4) is 0 Å². The van der Waals surface area contributed by atoms with Crippen LogP contribution in [0.15, 0.2) is 48.1 Å². The van der Waals surface area contributed by atoms with E-state index in [0.29, 0.717) is 18.1 Å². The summed E-state index contributed by atoms with van der Waals surface area (Å²) >= 11 is 5.95. The van der Waals surface area contributed by atoms with Crippen molar-refractivity contribution < 1.29 is 9.57 Å². The number of piperidine rings is 1. The van der Waals surface area contributed by atoms with E-state index in [1.807, 2.05) is 12.1 Å². The lowest BCUT2D eigenvalue weighted by molar-refractivity contribution is -0.0627. The summed E-state index contributed by atoms with van der Waals surface area (Å²) in [5, 5.41) is 4.90. The third kappa shape index (κ3) is 3.91. The first-order valence-corrected chi connectivity index (χ1v) is 8.73. The average Bonchev–Trinajstić information content (AvgIpc) is 3.02. The highest BCUT2D eigenvalue weighted by atomic mass is 35.5. The van der Waals surface area contributed by atoms with Gasteiger partial charge in [0.05, 0.1) is 18.8 Å². The molecule has 1 spiro atoms. The second-order valence-electron chi connectivity index (χ2n) is 6.51. The fraction of sp³-hybridized carbons (Fsp3) is 0.389. The summed E-state index contributed by atoms with van der Waals surface area (Å²) in [4.78, 5) is 16.1. The molecular formula is C18H19ClN4O2. The minimum absolute atomic E-state index is 0.235. The number of rotatable bonds is 3. The Morgan fingerprint density at radius 2 is 1.84 bits per heavy atom. The lowest BCUT2D eigenvalue weighted by Gasteiger charge is -2.36. The Morgan fingerprint density at radius 3 is 2.56 bits per heavy atom. The summed E-state index contributed by atoms with van der Waals surface area (Å²) in [6.07, 6.45) is 7.27. The molecule has 0 unspecified atom stereocenters. The van der Waals surface area contributed by atoms with Crippen LogP contribution in [-0.4, -0.2) is 39.5 Å². The van der Waals surface area contributed by atoms with Crippen LogP contribution in [0, 0.1) is 0 Å². The summed E-state index contributed by atoms with van der Waals surface area (Å²) in [6, 6.07) is 8.03. The Hall–Kier alpha value is -2.18. The van der Waals surface area contributed by atoms with E-state index in [1.165, 1.54) is 11.9 Å². The number of benzene rings is 1. The monoisotopic (exact) mass is 358 g/mol. The minimum atomic E-state index is -0.235. The zero-order valence-electron chi connectivity index (χ0n) is 13.8. The summed E-state index contributed by atoms with van der Waals surface area (Å²) in [5.74, 6) is 1.18. The first-order valence-electron chi connectivity index (χ1n) is 8.36. The number of halogens is 1. The van der Waals surface area contributed by atoms with Crippen LogP contribution in [-0.2, 0) is 11.4 Å². The summed E-state index contributed by atoms with van der Waals surface area (Å²) < 4.78 is 5.71. The zero-order valence-corrected chi connectivity index (χ0v) is 14.5. The normalized spacial score (nSPS) is 19.5. The van der Waals surface area contributed by atoms with E-state index >= 15 is 0 Å². The number of likely N-dealkylation sites (tertiary alicyclic amines) is 1. The van der Waals surface area contributed by atoms with Gasteiger partial charge in [-0.15, -0.1) is 0 Å². The van der Waals surface area contributed by atoms with Gasteiger partial charge in [-0.05, 0) is 17.7 Å². The zero-order chi connectivity index (χ0) is 17.1. The molecule has 25 heavy (non-hydrogen) atoms. The number of aromatic nitrogens is 2. The Morgan fingerprint density at radius 1 is 1.12 bits per heavy atom. The van der Waals surface area contributed by atoms with Gasteiger partial charge in [-0.25, -0.2) is 9.97 Å². The maximum absolute atomic E-state index is 5.95. The molecule has 7 heteroatoms. The molecule has 2 aliphatic rings. The predicted molar refractivity (Wildman–Crippen MR) is 94.5 cm³/mol. The molecule has 1 aromatic heterocycles. The highest BCUT2D eigenvalue weighted by Crippen LogP contribution is 2.35. The largest absolute Gasteiger partial charge is 0.436 e. The van der Waals surface area contributed by atoms with E-state index in [4.69, 9.17) is 21.2 Å². The molecule has 0 amide bonds. The van der Waals surface area contributed by atoms with E-state index in [-0.39, 0.29) is 5.60 Å². The summed E-state index contributed by atoms with van der Waals surface area (Å²) in [6.45, 7) is 2.87. The van der Waals surface area contributed by atoms with Gasteiger partial charge >= 0.3 is 0 Å². The Bertz CT molecular complexity index is 743. The van der Waals surface area contributed by atoms with Gasteiger partial charge in [-0.1, -0.05) is 28.9 Å². The van der Waals surface area contributed by atoms with Crippen molar-refractivity contribution in [3.8, 4) is 5.75 Å². The van der Waals surface area contributed by atoms with Gasteiger partial charge in [-0.2, -0.15) is 0 Å². The topological polar surface area (TPSA) is 59.8 Å². The van der Waals surface area contributed by atoms with E-state index in [1.54, 1.807) is 12.4 Å². The highest BCUT2D eigenvalue weighted by Gasteiger charge is 2.43. The minimum Gasteiger partial charge on any atom is -0.436 e. The van der Waals surface area contributed by atoms with Crippen molar-refractivity contribution in [2.75, 3.05) is 13.1 Å². The smallest absolute Gasteiger partial charge is 0.235 e. The molecule has 1 saturated heterocycles. The number of hydrogen-bond acceptors (Lipinski definition) is 6. The number of ether oxygens (including phenoxy) is 1. The van der Waals surface area contributed by atoms with Gasteiger partial charge < -0.3 is 9.57 Å². The number of oxime groups is 1. The molecule has 130 valence electrons. The van der Waals surface area contributed by atoms with Crippen molar-refractivity contribution in [2.45, 2.75) is 31.4 Å². The molecule has 1 fully saturated rings. The lowest BCUT2D eigenvalue weighted by atomic mass is 9.88. The molecule has 1 aromatic carbocycles. The van der Waals surface area contributed by atoms with Crippen molar-refractivity contribution in [1.29, 1.82) is 0 Å². The van der Waals surface area contributed by atoms with Crippen LogP contribution >= 0.6 is 11.6 Å². The molecule has 0 saturated carbocycles. The Kier molecular flexibility index (Phi) is 4.55. The first-order chi connectivity index (χ1) is 12.2. The average molecular weight is 359 g/mol. The molecule has 0 aliphatic carbocycles. The molecule has 0 atom stereocenters. The molecule has 0 N–H and O–H groups in total. The standard InChI is InChI=1S/C18H19ClN4O2/c19-15-3-1-14(2-4-15)12-23-7-5-18(6-8-23)9-17(22-25-18)24-16-10-20-13-21-11-16/h1-4,10-11,13H,5-9,12H2. The van der Waals surface area contributed by atoms with Crippen LogP contribution in [0.2, 0.25) is 5.02 Å².